The summed E-state index contributed by atoms with van der Waals surface area (Å²) in [5.41, 5.74) is 5.81. The number of hydrogen-bond donors (Lipinski definition) is 1. The van der Waals surface area contributed by atoms with E-state index in [1.807, 2.05) is 0 Å². The van der Waals surface area contributed by atoms with Gasteiger partial charge in [0.25, 0.3) is 0 Å². The largest absolute Gasteiger partial charge is 0.454 e. The molecule has 1 heterocycles. The standard InChI is InChI=1S/C8H15N3O2/c1-5(2)3-6(9)4-7-10-11-8(12)13-7/h5-7H,3-4,9H2,1-2H3/t6-,7?/m0/s1. The van der Waals surface area contributed by atoms with E-state index in [-0.39, 0.29) is 6.04 Å². The topological polar surface area (TPSA) is 77.0 Å². The number of carbonyl (C=O) groups is 1. The molecule has 0 bridgehead atoms. The van der Waals surface area contributed by atoms with Crippen molar-refractivity contribution in [3.05, 3.63) is 0 Å². The summed E-state index contributed by atoms with van der Waals surface area (Å²) in [6.07, 6.45) is 0.403. The van der Waals surface area contributed by atoms with Crippen LogP contribution in [0.4, 0.5) is 4.79 Å². The lowest BCUT2D eigenvalue weighted by Gasteiger charge is -2.15. The Kier molecular flexibility index (Phi) is 3.36. The minimum atomic E-state index is -0.609. The number of rotatable bonds is 4. The van der Waals surface area contributed by atoms with Crippen molar-refractivity contribution in [3.63, 3.8) is 0 Å². The van der Waals surface area contributed by atoms with Gasteiger partial charge in [0.2, 0.25) is 6.23 Å². The minimum Gasteiger partial charge on any atom is -0.419 e. The van der Waals surface area contributed by atoms with Gasteiger partial charge in [0.1, 0.15) is 0 Å². The zero-order valence-electron chi connectivity index (χ0n) is 7.93. The molecule has 0 spiro atoms. The van der Waals surface area contributed by atoms with Crippen molar-refractivity contribution in [1.82, 2.24) is 0 Å². The molecule has 0 radical (unpaired) electrons. The zero-order valence-corrected chi connectivity index (χ0v) is 7.93. The molecule has 0 saturated carbocycles. The van der Waals surface area contributed by atoms with Gasteiger partial charge >= 0.3 is 6.09 Å². The SMILES string of the molecule is CC(C)C[C@H](N)CC1N=NC(=O)O1. The van der Waals surface area contributed by atoms with Crippen LogP contribution in [0.3, 0.4) is 0 Å². The van der Waals surface area contributed by atoms with Crippen LogP contribution in [-0.2, 0) is 4.74 Å². The second-order valence-electron chi connectivity index (χ2n) is 3.68. The minimum absolute atomic E-state index is 0.0230. The van der Waals surface area contributed by atoms with E-state index in [1.54, 1.807) is 0 Å². The highest BCUT2D eigenvalue weighted by molar-refractivity contribution is 5.68. The van der Waals surface area contributed by atoms with E-state index in [4.69, 9.17) is 10.5 Å². The molecule has 0 aromatic carbocycles. The van der Waals surface area contributed by atoms with Gasteiger partial charge in [-0.2, -0.15) is 0 Å². The van der Waals surface area contributed by atoms with Gasteiger partial charge in [0.15, 0.2) is 0 Å². The predicted molar refractivity (Wildman–Crippen MR) is 47.2 cm³/mol. The second kappa shape index (κ2) is 4.32. The molecule has 1 unspecified atom stereocenters. The molecule has 2 atom stereocenters. The number of azo groups is 1. The fourth-order valence-corrected chi connectivity index (χ4v) is 1.33. The number of ether oxygens (including phenoxy) is 1. The number of cyclic esters (lactones) is 1. The number of carbonyl (C=O) groups excluding carboxylic acids is 1. The third kappa shape index (κ3) is 3.50. The zero-order chi connectivity index (χ0) is 9.84. The van der Waals surface area contributed by atoms with Crippen molar-refractivity contribution in [2.75, 3.05) is 0 Å². The van der Waals surface area contributed by atoms with Crippen LogP contribution >= 0.6 is 0 Å². The van der Waals surface area contributed by atoms with Gasteiger partial charge in [0.05, 0.1) is 0 Å². The monoisotopic (exact) mass is 185 g/mol. The molecular formula is C8H15N3O2. The predicted octanol–water partition coefficient (Wildman–Crippen LogP) is 1.68. The van der Waals surface area contributed by atoms with Crippen LogP contribution in [-0.4, -0.2) is 18.4 Å². The summed E-state index contributed by atoms with van der Waals surface area (Å²) < 4.78 is 4.76. The maximum absolute atomic E-state index is 10.5. The third-order valence-electron chi connectivity index (χ3n) is 1.78. The first-order chi connectivity index (χ1) is 6.08. The average molecular weight is 185 g/mol. The highest BCUT2D eigenvalue weighted by Crippen LogP contribution is 2.15. The molecule has 1 rings (SSSR count). The smallest absolute Gasteiger partial charge is 0.419 e. The maximum atomic E-state index is 10.5. The molecule has 0 fully saturated rings. The van der Waals surface area contributed by atoms with Gasteiger partial charge in [-0.25, -0.2) is 4.79 Å². The van der Waals surface area contributed by atoms with Crippen LogP contribution in [0.15, 0.2) is 10.2 Å². The molecule has 13 heavy (non-hydrogen) atoms. The molecular weight excluding hydrogens is 170 g/mol. The van der Waals surface area contributed by atoms with Crippen molar-refractivity contribution in [2.45, 2.75) is 39.0 Å². The fraction of sp³-hybridized carbons (Fsp3) is 0.875. The highest BCUT2D eigenvalue weighted by Gasteiger charge is 2.22. The molecule has 5 nitrogen and oxygen atoms in total. The summed E-state index contributed by atoms with van der Waals surface area (Å²) in [7, 11) is 0. The number of nitrogens with two attached hydrogens (primary N) is 1. The van der Waals surface area contributed by atoms with Crippen LogP contribution in [0.25, 0.3) is 0 Å². The van der Waals surface area contributed by atoms with Crippen molar-refractivity contribution in [3.8, 4) is 0 Å². The van der Waals surface area contributed by atoms with Gasteiger partial charge in [-0.05, 0) is 12.3 Å². The van der Waals surface area contributed by atoms with Gasteiger partial charge in [-0.15, -0.1) is 5.11 Å². The van der Waals surface area contributed by atoms with Gasteiger partial charge < -0.3 is 10.5 Å². The summed E-state index contributed by atoms with van der Waals surface area (Å²) >= 11 is 0. The summed E-state index contributed by atoms with van der Waals surface area (Å²) in [5.74, 6) is 0.545. The van der Waals surface area contributed by atoms with Crippen LogP contribution in [0.2, 0.25) is 0 Å². The van der Waals surface area contributed by atoms with E-state index >= 15 is 0 Å². The Labute approximate surface area is 77.3 Å². The first-order valence-electron chi connectivity index (χ1n) is 4.45. The Hall–Kier alpha value is -0.970. The number of hydrogen-bond acceptors (Lipinski definition) is 4. The molecule has 0 aromatic heterocycles. The van der Waals surface area contributed by atoms with E-state index in [2.05, 4.69) is 24.1 Å². The number of nitrogens with zero attached hydrogens (tertiary/aromatic N) is 2. The molecule has 5 heteroatoms. The van der Waals surface area contributed by atoms with Crippen LogP contribution < -0.4 is 5.73 Å². The number of amides is 1. The third-order valence-corrected chi connectivity index (χ3v) is 1.78. The molecule has 1 aliphatic heterocycles. The lowest BCUT2D eigenvalue weighted by molar-refractivity contribution is 0.121. The summed E-state index contributed by atoms with van der Waals surface area (Å²) in [4.78, 5) is 10.5. The summed E-state index contributed by atoms with van der Waals surface area (Å²) in [6, 6.07) is 0.0230. The van der Waals surface area contributed by atoms with E-state index in [0.29, 0.717) is 12.3 Å². The van der Waals surface area contributed by atoms with Crippen molar-refractivity contribution in [1.29, 1.82) is 0 Å². The normalized spacial score (nSPS) is 23.7. The lowest BCUT2D eigenvalue weighted by Crippen LogP contribution is -2.27. The first kappa shape index (κ1) is 10.1. The van der Waals surface area contributed by atoms with E-state index < -0.39 is 12.3 Å². The van der Waals surface area contributed by atoms with Gasteiger partial charge in [0, 0.05) is 12.5 Å². The van der Waals surface area contributed by atoms with E-state index in [0.717, 1.165) is 6.42 Å². The van der Waals surface area contributed by atoms with E-state index in [1.165, 1.54) is 0 Å². The summed E-state index contributed by atoms with van der Waals surface area (Å²) in [5, 5.41) is 6.90. The molecule has 0 aliphatic carbocycles. The Balaban J connectivity index is 2.25. The Morgan fingerprint density at radius 2 is 2.31 bits per heavy atom. The molecule has 74 valence electrons. The molecule has 0 aromatic rings. The molecule has 1 amide bonds. The van der Waals surface area contributed by atoms with Gasteiger partial charge in [-0.1, -0.05) is 19.0 Å². The van der Waals surface area contributed by atoms with Crippen molar-refractivity contribution >= 4 is 6.09 Å². The van der Waals surface area contributed by atoms with Crippen molar-refractivity contribution in [2.24, 2.45) is 21.9 Å². The van der Waals surface area contributed by atoms with Crippen LogP contribution in [0.1, 0.15) is 26.7 Å². The Bertz CT molecular complexity index is 215. The quantitative estimate of drug-likeness (QED) is 0.723. The van der Waals surface area contributed by atoms with Gasteiger partial charge in [-0.3, -0.25) is 0 Å². The first-order valence-corrected chi connectivity index (χ1v) is 4.45. The summed E-state index contributed by atoms with van der Waals surface area (Å²) in [6.45, 7) is 4.20. The maximum Gasteiger partial charge on any atom is 0.454 e. The Morgan fingerprint density at radius 1 is 1.62 bits per heavy atom. The van der Waals surface area contributed by atoms with Crippen LogP contribution in [0, 0.1) is 5.92 Å². The highest BCUT2D eigenvalue weighted by atomic mass is 16.6. The molecule has 1 aliphatic rings. The van der Waals surface area contributed by atoms with E-state index in [9.17, 15) is 4.79 Å². The second-order valence-corrected chi connectivity index (χ2v) is 3.68. The molecule has 2 N–H and O–H groups in total. The molecule has 0 saturated heterocycles. The fourth-order valence-electron chi connectivity index (χ4n) is 1.33. The van der Waals surface area contributed by atoms with Crippen LogP contribution in [0.5, 0.6) is 0 Å². The van der Waals surface area contributed by atoms with Crippen molar-refractivity contribution < 1.29 is 9.53 Å². The average Bonchev–Trinajstić information content (AvgIpc) is 2.33. The Morgan fingerprint density at radius 3 is 2.77 bits per heavy atom. The lowest BCUT2D eigenvalue weighted by atomic mass is 10.0.